The molecule has 152 valence electrons. The summed E-state index contributed by atoms with van der Waals surface area (Å²) in [6, 6.07) is 12.0. The largest absolute Gasteiger partial charge is 0.423 e. The molecule has 2 aromatic carbocycles. The Kier molecular flexibility index (Phi) is 7.86. The summed E-state index contributed by atoms with van der Waals surface area (Å²) in [4.78, 5) is 12.2. The van der Waals surface area contributed by atoms with Crippen LogP contribution >= 0.6 is 35.4 Å². The van der Waals surface area contributed by atoms with Crippen molar-refractivity contribution < 1.29 is 9.53 Å². The standard InChI is InChI=1S/C21H21Cl2N3O2S/c22-15-8-11-18(19(23)12-15)20(27)28-17-9-6-14(7-10-17)13-24-26-21(29)25-16-4-2-1-3-5-16/h6-13,16H,1-5H2,(H2,25,26,29)/b24-13-. The van der Waals surface area contributed by atoms with E-state index in [0.29, 0.717) is 21.9 Å². The first kappa shape index (κ1) is 21.6. The third-order valence-electron chi connectivity index (χ3n) is 4.56. The van der Waals surface area contributed by atoms with Crippen molar-refractivity contribution in [2.45, 2.75) is 38.1 Å². The molecule has 2 N–H and O–H groups in total. The summed E-state index contributed by atoms with van der Waals surface area (Å²) in [5, 5.41) is 8.67. The topological polar surface area (TPSA) is 62.7 Å². The first-order valence-corrected chi connectivity index (χ1v) is 10.5. The Morgan fingerprint density at radius 2 is 1.83 bits per heavy atom. The molecule has 0 spiro atoms. The number of rotatable bonds is 5. The Bertz CT molecular complexity index is 897. The van der Waals surface area contributed by atoms with Gasteiger partial charge in [-0.3, -0.25) is 5.43 Å². The highest BCUT2D eigenvalue weighted by molar-refractivity contribution is 7.80. The van der Waals surface area contributed by atoms with Crippen molar-refractivity contribution in [2.75, 3.05) is 0 Å². The Labute approximate surface area is 185 Å². The van der Waals surface area contributed by atoms with Gasteiger partial charge in [-0.05, 0) is 73.1 Å². The minimum absolute atomic E-state index is 0.245. The van der Waals surface area contributed by atoms with Crippen LogP contribution in [-0.4, -0.2) is 23.3 Å². The first-order valence-electron chi connectivity index (χ1n) is 9.38. The third kappa shape index (κ3) is 6.70. The SMILES string of the molecule is O=C(Oc1ccc(/C=N\NC(=S)NC2CCCCC2)cc1)c1ccc(Cl)cc1Cl. The zero-order valence-electron chi connectivity index (χ0n) is 15.7. The van der Waals surface area contributed by atoms with Crippen molar-refractivity contribution in [1.29, 1.82) is 0 Å². The maximum absolute atomic E-state index is 12.2. The van der Waals surface area contributed by atoms with Crippen LogP contribution in [0.4, 0.5) is 0 Å². The number of hydrogen-bond acceptors (Lipinski definition) is 4. The van der Waals surface area contributed by atoms with E-state index >= 15 is 0 Å². The summed E-state index contributed by atoms with van der Waals surface area (Å²) < 4.78 is 5.35. The Balaban J connectivity index is 1.49. The molecule has 8 heteroatoms. The van der Waals surface area contributed by atoms with Gasteiger partial charge in [0, 0.05) is 11.1 Å². The van der Waals surface area contributed by atoms with Crippen LogP contribution in [0.15, 0.2) is 47.6 Å². The summed E-state index contributed by atoms with van der Waals surface area (Å²) in [7, 11) is 0. The number of nitrogens with zero attached hydrogens (tertiary/aromatic N) is 1. The zero-order valence-corrected chi connectivity index (χ0v) is 18.0. The fraction of sp³-hybridized carbons (Fsp3) is 0.286. The van der Waals surface area contributed by atoms with Crippen LogP contribution in [0.2, 0.25) is 10.0 Å². The molecule has 0 amide bonds. The summed E-state index contributed by atoms with van der Waals surface area (Å²) in [6.07, 6.45) is 7.72. The van der Waals surface area contributed by atoms with Crippen LogP contribution in [0.1, 0.15) is 48.0 Å². The Morgan fingerprint density at radius 1 is 1.10 bits per heavy atom. The molecule has 0 saturated heterocycles. The number of hydrazone groups is 1. The van der Waals surface area contributed by atoms with Gasteiger partial charge in [0.15, 0.2) is 5.11 Å². The van der Waals surface area contributed by atoms with E-state index in [1.54, 1.807) is 36.5 Å². The van der Waals surface area contributed by atoms with Gasteiger partial charge in [-0.1, -0.05) is 42.5 Å². The lowest BCUT2D eigenvalue weighted by Crippen LogP contribution is -2.40. The molecule has 5 nitrogen and oxygen atoms in total. The second kappa shape index (κ2) is 10.6. The van der Waals surface area contributed by atoms with Crippen LogP contribution in [0.5, 0.6) is 5.75 Å². The van der Waals surface area contributed by atoms with Gasteiger partial charge in [-0.2, -0.15) is 5.10 Å². The van der Waals surface area contributed by atoms with Crippen molar-refractivity contribution in [2.24, 2.45) is 5.10 Å². The molecule has 0 bridgehead atoms. The molecule has 0 aliphatic heterocycles. The molecule has 1 aliphatic rings. The maximum Gasteiger partial charge on any atom is 0.345 e. The minimum Gasteiger partial charge on any atom is -0.423 e. The predicted molar refractivity (Wildman–Crippen MR) is 121 cm³/mol. The summed E-state index contributed by atoms with van der Waals surface area (Å²) in [5.41, 5.74) is 3.93. The van der Waals surface area contributed by atoms with Crippen molar-refractivity contribution in [3.63, 3.8) is 0 Å². The lowest BCUT2D eigenvalue weighted by Gasteiger charge is -2.23. The van der Waals surface area contributed by atoms with E-state index in [1.807, 2.05) is 0 Å². The maximum atomic E-state index is 12.2. The highest BCUT2D eigenvalue weighted by Crippen LogP contribution is 2.23. The number of hydrogen-bond donors (Lipinski definition) is 2. The molecular weight excluding hydrogens is 429 g/mol. The smallest absolute Gasteiger partial charge is 0.345 e. The average Bonchev–Trinajstić information content (AvgIpc) is 2.70. The van der Waals surface area contributed by atoms with Crippen molar-refractivity contribution in [3.05, 3.63) is 63.6 Å². The fourth-order valence-electron chi connectivity index (χ4n) is 3.07. The van der Waals surface area contributed by atoms with Gasteiger partial charge in [0.25, 0.3) is 0 Å². The predicted octanol–water partition coefficient (Wildman–Crippen LogP) is 5.34. The quantitative estimate of drug-likeness (QED) is 0.212. The molecule has 0 atom stereocenters. The van der Waals surface area contributed by atoms with Gasteiger partial charge in [-0.25, -0.2) is 4.79 Å². The Hall–Kier alpha value is -2.15. The van der Waals surface area contributed by atoms with E-state index in [-0.39, 0.29) is 10.6 Å². The monoisotopic (exact) mass is 449 g/mol. The molecule has 2 aromatic rings. The second-order valence-electron chi connectivity index (χ2n) is 6.76. The number of carbonyl (C=O) groups excluding carboxylic acids is 1. The van der Waals surface area contributed by atoms with E-state index in [0.717, 1.165) is 18.4 Å². The van der Waals surface area contributed by atoms with E-state index < -0.39 is 5.97 Å². The summed E-state index contributed by atoms with van der Waals surface area (Å²) in [6.45, 7) is 0. The lowest BCUT2D eigenvalue weighted by atomic mass is 9.96. The highest BCUT2D eigenvalue weighted by Gasteiger charge is 2.14. The second-order valence-corrected chi connectivity index (χ2v) is 8.01. The molecule has 3 rings (SSSR count). The highest BCUT2D eigenvalue weighted by atomic mass is 35.5. The number of halogens is 2. The zero-order chi connectivity index (χ0) is 20.6. The number of carbonyl (C=O) groups is 1. The van der Waals surface area contributed by atoms with Gasteiger partial charge in [0.1, 0.15) is 5.75 Å². The fourth-order valence-corrected chi connectivity index (χ4v) is 3.77. The van der Waals surface area contributed by atoms with Crippen molar-refractivity contribution >= 4 is 52.7 Å². The molecule has 1 aliphatic carbocycles. The third-order valence-corrected chi connectivity index (χ3v) is 5.32. The van der Waals surface area contributed by atoms with Crippen LogP contribution in [0.3, 0.4) is 0 Å². The molecule has 0 aromatic heterocycles. The number of thiocarbonyl (C=S) groups is 1. The number of esters is 1. The van der Waals surface area contributed by atoms with Gasteiger partial charge >= 0.3 is 5.97 Å². The summed E-state index contributed by atoms with van der Waals surface area (Å²) >= 11 is 17.1. The normalized spacial score (nSPS) is 14.6. The molecular formula is C21H21Cl2N3O2S. The molecule has 0 heterocycles. The first-order chi connectivity index (χ1) is 14.0. The van der Waals surface area contributed by atoms with Crippen molar-refractivity contribution in [3.8, 4) is 5.75 Å². The minimum atomic E-state index is -0.547. The van der Waals surface area contributed by atoms with Crippen LogP contribution < -0.4 is 15.5 Å². The van der Waals surface area contributed by atoms with Gasteiger partial charge in [-0.15, -0.1) is 0 Å². The number of ether oxygens (including phenoxy) is 1. The average molecular weight is 450 g/mol. The van der Waals surface area contributed by atoms with Crippen molar-refractivity contribution in [1.82, 2.24) is 10.7 Å². The lowest BCUT2D eigenvalue weighted by molar-refractivity contribution is 0.0735. The van der Waals surface area contributed by atoms with Crippen LogP contribution in [-0.2, 0) is 0 Å². The van der Waals surface area contributed by atoms with Gasteiger partial charge in [0.2, 0.25) is 0 Å². The van der Waals surface area contributed by atoms with E-state index in [9.17, 15) is 4.79 Å². The Morgan fingerprint density at radius 3 is 2.52 bits per heavy atom. The molecule has 29 heavy (non-hydrogen) atoms. The number of nitrogens with one attached hydrogen (secondary N) is 2. The van der Waals surface area contributed by atoms with E-state index in [4.69, 9.17) is 40.2 Å². The van der Waals surface area contributed by atoms with Crippen LogP contribution in [0.25, 0.3) is 0 Å². The molecule has 1 fully saturated rings. The van der Waals surface area contributed by atoms with Crippen LogP contribution in [0, 0.1) is 0 Å². The molecule has 0 unspecified atom stereocenters. The summed E-state index contributed by atoms with van der Waals surface area (Å²) in [5.74, 6) is -0.144. The molecule has 1 saturated carbocycles. The molecule has 0 radical (unpaired) electrons. The van der Waals surface area contributed by atoms with E-state index in [1.165, 1.54) is 31.4 Å². The number of benzene rings is 2. The van der Waals surface area contributed by atoms with Gasteiger partial charge in [0.05, 0.1) is 16.8 Å². The van der Waals surface area contributed by atoms with Gasteiger partial charge < -0.3 is 10.1 Å². The van der Waals surface area contributed by atoms with E-state index in [2.05, 4.69) is 15.8 Å².